The Balaban J connectivity index is 2.46. The fourth-order valence-electron chi connectivity index (χ4n) is 2.01. The molecule has 0 aromatic heterocycles. The van der Waals surface area contributed by atoms with Crippen LogP contribution in [0.4, 0.5) is 4.79 Å². The highest BCUT2D eigenvalue weighted by atomic mass is 16.4. The fourth-order valence-corrected chi connectivity index (χ4v) is 2.01. The summed E-state index contributed by atoms with van der Waals surface area (Å²) in [6.07, 6.45) is 2.34. The van der Waals surface area contributed by atoms with E-state index in [2.05, 4.69) is 5.32 Å². The lowest BCUT2D eigenvalue weighted by Crippen LogP contribution is -2.48. The molecule has 1 fully saturated rings. The Bertz CT molecular complexity index is 289. The Morgan fingerprint density at radius 2 is 2.00 bits per heavy atom. The highest BCUT2D eigenvalue weighted by Crippen LogP contribution is 2.32. The van der Waals surface area contributed by atoms with Crippen LogP contribution in [0.15, 0.2) is 0 Å². The van der Waals surface area contributed by atoms with E-state index in [1.165, 1.54) is 12.8 Å². The number of carboxylic acid groups (broad SMARTS) is 1. The van der Waals surface area contributed by atoms with Crippen molar-refractivity contribution in [1.29, 1.82) is 0 Å². The van der Waals surface area contributed by atoms with Crippen molar-refractivity contribution in [3.63, 3.8) is 0 Å². The Morgan fingerprint density at radius 3 is 2.41 bits per heavy atom. The van der Waals surface area contributed by atoms with Crippen molar-refractivity contribution in [3.05, 3.63) is 0 Å². The maximum Gasteiger partial charge on any atom is 0.317 e. The molecule has 1 aliphatic carbocycles. The van der Waals surface area contributed by atoms with E-state index in [4.69, 9.17) is 5.11 Å². The summed E-state index contributed by atoms with van der Waals surface area (Å²) in [5, 5.41) is 11.7. The molecule has 0 bridgehead atoms. The topological polar surface area (TPSA) is 69.6 Å². The molecule has 0 aromatic carbocycles. The molecule has 98 valence electrons. The van der Waals surface area contributed by atoms with Gasteiger partial charge in [-0.3, -0.25) is 4.79 Å². The van der Waals surface area contributed by atoms with Crippen molar-refractivity contribution in [2.24, 2.45) is 5.92 Å². The monoisotopic (exact) mass is 242 g/mol. The molecule has 0 spiro atoms. The van der Waals surface area contributed by atoms with E-state index in [0.717, 1.165) is 0 Å². The van der Waals surface area contributed by atoms with Crippen LogP contribution in [0, 0.1) is 5.92 Å². The van der Waals surface area contributed by atoms with E-state index in [9.17, 15) is 9.59 Å². The first-order valence-corrected chi connectivity index (χ1v) is 6.24. The smallest absolute Gasteiger partial charge is 0.317 e. The molecule has 0 heterocycles. The molecule has 0 aliphatic heterocycles. The lowest BCUT2D eigenvalue weighted by atomic mass is 10.2. The van der Waals surface area contributed by atoms with Gasteiger partial charge in [-0.2, -0.15) is 0 Å². The number of amides is 2. The lowest BCUT2D eigenvalue weighted by Gasteiger charge is -2.28. The number of urea groups is 1. The van der Waals surface area contributed by atoms with Crippen LogP contribution in [-0.4, -0.2) is 40.6 Å². The van der Waals surface area contributed by atoms with Crippen LogP contribution in [0.1, 0.15) is 40.0 Å². The molecule has 2 atom stereocenters. The Kier molecular flexibility index (Phi) is 4.78. The summed E-state index contributed by atoms with van der Waals surface area (Å²) in [4.78, 5) is 24.2. The summed E-state index contributed by atoms with van der Waals surface area (Å²) in [5.74, 6) is -0.272. The summed E-state index contributed by atoms with van der Waals surface area (Å²) in [5.41, 5.74) is 0. The largest absolute Gasteiger partial charge is 0.481 e. The van der Waals surface area contributed by atoms with Crippen molar-refractivity contribution in [2.45, 2.75) is 52.1 Å². The number of carbonyl (C=O) groups is 2. The number of hydrogen-bond acceptors (Lipinski definition) is 2. The van der Waals surface area contributed by atoms with Crippen molar-refractivity contribution >= 4 is 12.0 Å². The normalized spacial score (nSPS) is 18.3. The minimum Gasteiger partial charge on any atom is -0.481 e. The van der Waals surface area contributed by atoms with Gasteiger partial charge in [-0.25, -0.2) is 4.79 Å². The number of aliphatic carboxylic acids is 1. The predicted octanol–water partition coefficient (Wildman–Crippen LogP) is 1.68. The summed E-state index contributed by atoms with van der Waals surface area (Å²) in [6, 6.07) is -0.238. The van der Waals surface area contributed by atoms with E-state index in [-0.39, 0.29) is 24.5 Å². The second-order valence-corrected chi connectivity index (χ2v) is 4.81. The lowest BCUT2D eigenvalue weighted by molar-refractivity contribution is -0.138. The number of rotatable bonds is 6. The molecule has 0 saturated heterocycles. The van der Waals surface area contributed by atoms with Crippen molar-refractivity contribution < 1.29 is 14.7 Å². The summed E-state index contributed by atoms with van der Waals surface area (Å²) in [7, 11) is 0. The zero-order chi connectivity index (χ0) is 13.0. The predicted molar refractivity (Wildman–Crippen MR) is 64.8 cm³/mol. The number of nitrogens with one attached hydrogen (secondary N) is 1. The maximum atomic E-state index is 12.0. The first-order valence-electron chi connectivity index (χ1n) is 6.24. The standard InChI is InChI=1S/C12H22N2O3/c1-4-14(8(2)7-11(15)16)12(17)13-9(3)10-5-6-10/h8-10H,4-7H2,1-3H3,(H,13,17)(H,15,16). The molecule has 1 rings (SSSR count). The third-order valence-corrected chi connectivity index (χ3v) is 3.28. The highest BCUT2D eigenvalue weighted by molar-refractivity contribution is 5.76. The molecule has 0 radical (unpaired) electrons. The fraction of sp³-hybridized carbons (Fsp3) is 0.833. The zero-order valence-corrected chi connectivity index (χ0v) is 10.8. The Labute approximate surface area is 102 Å². The van der Waals surface area contributed by atoms with Crippen LogP contribution < -0.4 is 5.32 Å². The average molecular weight is 242 g/mol. The number of carbonyl (C=O) groups excluding carboxylic acids is 1. The minimum atomic E-state index is -0.876. The minimum absolute atomic E-state index is 0.0148. The molecule has 2 unspecified atom stereocenters. The third kappa shape index (κ3) is 4.24. The van der Waals surface area contributed by atoms with Gasteiger partial charge in [0, 0.05) is 18.6 Å². The van der Waals surface area contributed by atoms with Crippen LogP contribution in [-0.2, 0) is 4.79 Å². The Hall–Kier alpha value is -1.26. The van der Waals surface area contributed by atoms with Gasteiger partial charge in [-0.1, -0.05) is 0 Å². The van der Waals surface area contributed by atoms with Gasteiger partial charge in [0.1, 0.15) is 0 Å². The molecule has 5 heteroatoms. The van der Waals surface area contributed by atoms with E-state index in [1.807, 2.05) is 13.8 Å². The molecule has 17 heavy (non-hydrogen) atoms. The molecule has 5 nitrogen and oxygen atoms in total. The van der Waals surface area contributed by atoms with Crippen molar-refractivity contribution in [1.82, 2.24) is 10.2 Å². The first kappa shape index (κ1) is 13.8. The molecular formula is C12H22N2O3. The third-order valence-electron chi connectivity index (χ3n) is 3.28. The Morgan fingerprint density at radius 1 is 1.41 bits per heavy atom. The summed E-state index contributed by atoms with van der Waals surface area (Å²) < 4.78 is 0. The van der Waals surface area contributed by atoms with E-state index >= 15 is 0 Å². The van der Waals surface area contributed by atoms with Crippen LogP contribution in [0.2, 0.25) is 0 Å². The van der Waals surface area contributed by atoms with Gasteiger partial charge in [0.05, 0.1) is 6.42 Å². The second kappa shape index (κ2) is 5.89. The summed E-state index contributed by atoms with van der Waals surface area (Å²) >= 11 is 0. The van der Waals surface area contributed by atoms with Gasteiger partial charge in [-0.15, -0.1) is 0 Å². The van der Waals surface area contributed by atoms with Crippen molar-refractivity contribution in [2.75, 3.05) is 6.54 Å². The molecule has 2 amide bonds. The van der Waals surface area contributed by atoms with Gasteiger partial charge in [0.2, 0.25) is 0 Å². The number of hydrogen-bond donors (Lipinski definition) is 2. The zero-order valence-electron chi connectivity index (χ0n) is 10.8. The molecule has 2 N–H and O–H groups in total. The van der Waals surface area contributed by atoms with Gasteiger partial charge >= 0.3 is 12.0 Å². The van der Waals surface area contributed by atoms with E-state index < -0.39 is 5.97 Å². The van der Waals surface area contributed by atoms with Crippen LogP contribution in [0.5, 0.6) is 0 Å². The second-order valence-electron chi connectivity index (χ2n) is 4.81. The highest BCUT2D eigenvalue weighted by Gasteiger charge is 2.30. The van der Waals surface area contributed by atoms with Gasteiger partial charge in [0.15, 0.2) is 0 Å². The van der Waals surface area contributed by atoms with Crippen molar-refractivity contribution in [3.8, 4) is 0 Å². The number of carboxylic acids is 1. The SMILES string of the molecule is CCN(C(=O)NC(C)C1CC1)C(C)CC(=O)O. The number of nitrogens with zero attached hydrogens (tertiary/aromatic N) is 1. The van der Waals surface area contributed by atoms with E-state index in [0.29, 0.717) is 12.5 Å². The quantitative estimate of drug-likeness (QED) is 0.744. The molecule has 1 aliphatic rings. The maximum absolute atomic E-state index is 12.0. The van der Waals surface area contributed by atoms with E-state index in [1.54, 1.807) is 11.8 Å². The molecular weight excluding hydrogens is 220 g/mol. The summed E-state index contributed by atoms with van der Waals surface area (Å²) in [6.45, 7) is 6.15. The first-order chi connectivity index (χ1) is 7.95. The van der Waals surface area contributed by atoms with Crippen LogP contribution >= 0.6 is 0 Å². The van der Waals surface area contributed by atoms with Gasteiger partial charge < -0.3 is 15.3 Å². The molecule has 0 aromatic rings. The van der Waals surface area contributed by atoms with Gasteiger partial charge in [-0.05, 0) is 39.5 Å². The molecule has 1 saturated carbocycles. The van der Waals surface area contributed by atoms with Gasteiger partial charge in [0.25, 0.3) is 0 Å². The average Bonchev–Trinajstić information content (AvgIpc) is 2.99. The van der Waals surface area contributed by atoms with Crippen LogP contribution in [0.3, 0.4) is 0 Å². The van der Waals surface area contributed by atoms with Crippen LogP contribution in [0.25, 0.3) is 0 Å².